The molecule has 2 N–H and O–H groups in total. The van der Waals surface area contributed by atoms with E-state index in [-0.39, 0.29) is 0 Å². The van der Waals surface area contributed by atoms with Gasteiger partial charge in [0.05, 0.1) is 0 Å². The van der Waals surface area contributed by atoms with Crippen LogP contribution in [-0.4, -0.2) is 50.1 Å². The molecule has 0 bridgehead atoms. The van der Waals surface area contributed by atoms with Gasteiger partial charge in [-0.25, -0.2) is 0 Å². The summed E-state index contributed by atoms with van der Waals surface area (Å²) in [5.41, 5.74) is 0. The van der Waals surface area contributed by atoms with Gasteiger partial charge in [-0.05, 0) is 38.8 Å². The quantitative estimate of drug-likeness (QED) is 0.390. The van der Waals surface area contributed by atoms with Crippen molar-refractivity contribution in [1.82, 2.24) is 15.5 Å². The van der Waals surface area contributed by atoms with Crippen LogP contribution >= 0.6 is 0 Å². The van der Waals surface area contributed by atoms with Crippen LogP contribution in [0.1, 0.15) is 59.3 Å². The fourth-order valence-corrected chi connectivity index (χ4v) is 2.99. The van der Waals surface area contributed by atoms with Crippen molar-refractivity contribution in [1.29, 1.82) is 0 Å². The molecule has 2 unspecified atom stereocenters. The predicted octanol–water partition coefficient (Wildman–Crippen LogP) is 2.85. The van der Waals surface area contributed by atoms with Crippen molar-refractivity contribution in [2.45, 2.75) is 65.3 Å². The van der Waals surface area contributed by atoms with Crippen LogP contribution in [0, 0.1) is 5.92 Å². The summed E-state index contributed by atoms with van der Waals surface area (Å²) in [7, 11) is 1.87. The summed E-state index contributed by atoms with van der Waals surface area (Å²) in [5.74, 6) is 1.73. The highest BCUT2D eigenvalue weighted by Crippen LogP contribution is 2.14. The van der Waals surface area contributed by atoms with Crippen LogP contribution < -0.4 is 10.6 Å². The van der Waals surface area contributed by atoms with E-state index in [2.05, 4.69) is 41.3 Å². The molecule has 1 saturated heterocycles. The first-order valence-corrected chi connectivity index (χ1v) is 8.89. The first kappa shape index (κ1) is 18.3. The van der Waals surface area contributed by atoms with Crippen molar-refractivity contribution < 1.29 is 0 Å². The molecule has 124 valence electrons. The molecule has 1 aliphatic rings. The summed E-state index contributed by atoms with van der Waals surface area (Å²) in [4.78, 5) is 6.88. The van der Waals surface area contributed by atoms with Gasteiger partial charge in [-0.1, -0.05) is 39.5 Å². The number of aliphatic imine (C=N–C) groups is 1. The Hall–Kier alpha value is -0.770. The van der Waals surface area contributed by atoms with Crippen LogP contribution in [0.4, 0.5) is 0 Å². The molecule has 0 spiro atoms. The van der Waals surface area contributed by atoms with E-state index in [0.717, 1.165) is 18.4 Å². The first-order chi connectivity index (χ1) is 10.2. The standard InChI is InChI=1S/C17H36N4/c1-5-7-8-9-10-15(3)20-17(18-4)19-13-16-11-12-21(6-2)14-16/h15-16H,5-14H2,1-4H3,(H2,18,19,20). The lowest BCUT2D eigenvalue weighted by Crippen LogP contribution is -2.44. The molecule has 1 rings (SSSR count). The zero-order valence-corrected chi connectivity index (χ0v) is 14.6. The molecular weight excluding hydrogens is 260 g/mol. The van der Waals surface area contributed by atoms with E-state index < -0.39 is 0 Å². The smallest absolute Gasteiger partial charge is 0.191 e. The number of hydrogen-bond donors (Lipinski definition) is 2. The molecule has 21 heavy (non-hydrogen) atoms. The third kappa shape index (κ3) is 7.70. The second kappa shape index (κ2) is 10.9. The number of nitrogens with one attached hydrogen (secondary N) is 2. The average Bonchev–Trinajstić information content (AvgIpc) is 2.96. The van der Waals surface area contributed by atoms with Crippen molar-refractivity contribution in [3.8, 4) is 0 Å². The van der Waals surface area contributed by atoms with E-state index in [0.29, 0.717) is 6.04 Å². The third-order valence-electron chi connectivity index (χ3n) is 4.47. The van der Waals surface area contributed by atoms with Crippen molar-refractivity contribution in [3.63, 3.8) is 0 Å². The number of likely N-dealkylation sites (tertiary alicyclic amines) is 1. The first-order valence-electron chi connectivity index (χ1n) is 8.89. The second-order valence-corrected chi connectivity index (χ2v) is 6.40. The Bertz CT molecular complexity index is 291. The Morgan fingerprint density at radius 2 is 2.10 bits per heavy atom. The zero-order valence-electron chi connectivity index (χ0n) is 14.6. The molecule has 0 aliphatic carbocycles. The van der Waals surface area contributed by atoms with Crippen molar-refractivity contribution in [3.05, 3.63) is 0 Å². The second-order valence-electron chi connectivity index (χ2n) is 6.40. The molecule has 4 heteroatoms. The molecule has 0 aromatic rings. The predicted molar refractivity (Wildman–Crippen MR) is 92.9 cm³/mol. The van der Waals surface area contributed by atoms with Gasteiger partial charge in [0.25, 0.3) is 0 Å². The van der Waals surface area contributed by atoms with E-state index in [1.54, 1.807) is 0 Å². The van der Waals surface area contributed by atoms with Crippen LogP contribution in [0.5, 0.6) is 0 Å². The molecule has 0 aromatic heterocycles. The van der Waals surface area contributed by atoms with Gasteiger partial charge in [-0.15, -0.1) is 0 Å². The van der Waals surface area contributed by atoms with Crippen LogP contribution in [0.15, 0.2) is 4.99 Å². The Balaban J connectivity index is 2.16. The summed E-state index contributed by atoms with van der Waals surface area (Å²) in [5, 5.41) is 7.02. The fraction of sp³-hybridized carbons (Fsp3) is 0.941. The third-order valence-corrected chi connectivity index (χ3v) is 4.47. The Morgan fingerprint density at radius 3 is 2.71 bits per heavy atom. The van der Waals surface area contributed by atoms with Crippen molar-refractivity contribution in [2.75, 3.05) is 33.2 Å². The maximum absolute atomic E-state index is 4.35. The van der Waals surface area contributed by atoms with Crippen LogP contribution in [0.25, 0.3) is 0 Å². The molecular formula is C17H36N4. The van der Waals surface area contributed by atoms with Crippen LogP contribution in [0.2, 0.25) is 0 Å². The van der Waals surface area contributed by atoms with Gasteiger partial charge in [0.1, 0.15) is 0 Å². The SMILES string of the molecule is CCCCCCC(C)NC(=NC)NCC1CCN(CC)C1. The van der Waals surface area contributed by atoms with E-state index in [4.69, 9.17) is 0 Å². The molecule has 4 nitrogen and oxygen atoms in total. The molecule has 1 aliphatic heterocycles. The van der Waals surface area contributed by atoms with Crippen molar-refractivity contribution >= 4 is 5.96 Å². The van der Waals surface area contributed by atoms with Crippen molar-refractivity contribution in [2.24, 2.45) is 10.9 Å². The number of rotatable bonds is 9. The highest BCUT2D eigenvalue weighted by molar-refractivity contribution is 5.79. The highest BCUT2D eigenvalue weighted by Gasteiger charge is 2.21. The lowest BCUT2D eigenvalue weighted by molar-refractivity contribution is 0.341. The number of nitrogens with zero attached hydrogens (tertiary/aromatic N) is 2. The molecule has 0 amide bonds. The number of unbranched alkanes of at least 4 members (excludes halogenated alkanes) is 3. The minimum Gasteiger partial charge on any atom is -0.356 e. The van der Waals surface area contributed by atoms with E-state index >= 15 is 0 Å². The van der Waals surface area contributed by atoms with Gasteiger partial charge in [0, 0.05) is 26.2 Å². The maximum Gasteiger partial charge on any atom is 0.191 e. The summed E-state index contributed by atoms with van der Waals surface area (Å²) < 4.78 is 0. The summed E-state index contributed by atoms with van der Waals surface area (Å²) in [6, 6.07) is 0.503. The van der Waals surface area contributed by atoms with Gasteiger partial charge in [0.15, 0.2) is 5.96 Å². The molecule has 0 aromatic carbocycles. The summed E-state index contributed by atoms with van der Waals surface area (Å²) in [6.45, 7) is 11.5. The maximum atomic E-state index is 4.35. The molecule has 1 fully saturated rings. The Kier molecular flexibility index (Phi) is 9.48. The minimum atomic E-state index is 0.503. The average molecular weight is 297 g/mol. The Labute approximate surface area is 131 Å². The van der Waals surface area contributed by atoms with Gasteiger partial charge >= 0.3 is 0 Å². The topological polar surface area (TPSA) is 39.7 Å². The van der Waals surface area contributed by atoms with Gasteiger partial charge < -0.3 is 15.5 Å². The lowest BCUT2D eigenvalue weighted by Gasteiger charge is -2.20. The van der Waals surface area contributed by atoms with E-state index in [9.17, 15) is 0 Å². The summed E-state index contributed by atoms with van der Waals surface area (Å²) >= 11 is 0. The molecule has 0 radical (unpaired) electrons. The lowest BCUT2D eigenvalue weighted by atomic mass is 10.1. The van der Waals surface area contributed by atoms with Crippen LogP contribution in [-0.2, 0) is 0 Å². The largest absolute Gasteiger partial charge is 0.356 e. The Morgan fingerprint density at radius 1 is 1.29 bits per heavy atom. The minimum absolute atomic E-state index is 0.503. The zero-order chi connectivity index (χ0) is 15.5. The fourth-order valence-electron chi connectivity index (χ4n) is 2.99. The normalized spacial score (nSPS) is 21.5. The molecule has 0 saturated carbocycles. The van der Waals surface area contributed by atoms with E-state index in [1.165, 1.54) is 58.2 Å². The monoisotopic (exact) mass is 296 g/mol. The molecule has 1 heterocycles. The number of guanidine groups is 1. The van der Waals surface area contributed by atoms with Gasteiger partial charge in [0.2, 0.25) is 0 Å². The number of hydrogen-bond acceptors (Lipinski definition) is 2. The van der Waals surface area contributed by atoms with Gasteiger partial charge in [-0.3, -0.25) is 4.99 Å². The summed E-state index contributed by atoms with van der Waals surface area (Å²) in [6.07, 6.45) is 7.87. The highest BCUT2D eigenvalue weighted by atomic mass is 15.2. The van der Waals surface area contributed by atoms with Crippen LogP contribution in [0.3, 0.4) is 0 Å². The van der Waals surface area contributed by atoms with E-state index in [1.807, 2.05) is 7.05 Å². The molecule has 2 atom stereocenters. The van der Waals surface area contributed by atoms with Gasteiger partial charge in [-0.2, -0.15) is 0 Å².